The SMILES string of the molecule is COc1ccc(CCCCN=C(N)NCCc2ccc(OC)c(OC)c2)cc1.I. The van der Waals surface area contributed by atoms with Crippen LogP contribution in [0.15, 0.2) is 47.5 Å². The largest absolute Gasteiger partial charge is 0.497 e. The number of aliphatic imine (C=N–C) groups is 1. The zero-order valence-corrected chi connectivity index (χ0v) is 19.8. The van der Waals surface area contributed by atoms with Crippen molar-refractivity contribution in [1.29, 1.82) is 0 Å². The quantitative estimate of drug-likeness (QED) is 0.207. The maximum atomic E-state index is 5.95. The summed E-state index contributed by atoms with van der Waals surface area (Å²) in [6.07, 6.45) is 3.94. The number of hydrogen-bond acceptors (Lipinski definition) is 4. The summed E-state index contributed by atoms with van der Waals surface area (Å²) in [5.41, 5.74) is 8.41. The lowest BCUT2D eigenvalue weighted by atomic mass is 10.1. The van der Waals surface area contributed by atoms with E-state index in [1.165, 1.54) is 5.56 Å². The van der Waals surface area contributed by atoms with E-state index in [9.17, 15) is 0 Å². The minimum atomic E-state index is 0. The zero-order chi connectivity index (χ0) is 20.2. The van der Waals surface area contributed by atoms with E-state index in [2.05, 4.69) is 22.4 Å². The fourth-order valence-corrected chi connectivity index (χ4v) is 2.86. The Morgan fingerprint density at radius 1 is 0.862 bits per heavy atom. The molecule has 0 bridgehead atoms. The molecule has 3 N–H and O–H groups in total. The maximum Gasteiger partial charge on any atom is 0.188 e. The molecule has 0 radical (unpaired) electrons. The summed E-state index contributed by atoms with van der Waals surface area (Å²) in [6, 6.07) is 14.1. The average molecular weight is 513 g/mol. The van der Waals surface area contributed by atoms with Gasteiger partial charge in [-0.2, -0.15) is 0 Å². The van der Waals surface area contributed by atoms with E-state index < -0.39 is 0 Å². The first kappa shape index (κ1) is 24.9. The van der Waals surface area contributed by atoms with Crippen molar-refractivity contribution in [2.45, 2.75) is 25.7 Å². The number of benzene rings is 2. The number of halogens is 1. The molecule has 0 saturated carbocycles. The van der Waals surface area contributed by atoms with Gasteiger partial charge in [0, 0.05) is 13.1 Å². The molecule has 0 amide bonds. The van der Waals surface area contributed by atoms with Crippen LogP contribution < -0.4 is 25.3 Å². The monoisotopic (exact) mass is 513 g/mol. The Labute approximate surface area is 190 Å². The van der Waals surface area contributed by atoms with Gasteiger partial charge >= 0.3 is 0 Å². The summed E-state index contributed by atoms with van der Waals surface area (Å²) >= 11 is 0. The fraction of sp³-hybridized carbons (Fsp3) is 0.409. The number of aryl methyl sites for hydroxylation is 1. The number of unbranched alkanes of at least 4 members (excludes halogenated alkanes) is 1. The van der Waals surface area contributed by atoms with Gasteiger partial charge in [-0.3, -0.25) is 4.99 Å². The summed E-state index contributed by atoms with van der Waals surface area (Å²) in [5.74, 6) is 2.85. The van der Waals surface area contributed by atoms with Crippen LogP contribution in [-0.4, -0.2) is 40.4 Å². The van der Waals surface area contributed by atoms with E-state index >= 15 is 0 Å². The van der Waals surface area contributed by atoms with Crippen LogP contribution >= 0.6 is 24.0 Å². The second-order valence-electron chi connectivity index (χ2n) is 6.44. The van der Waals surface area contributed by atoms with Gasteiger partial charge in [0.05, 0.1) is 21.3 Å². The lowest BCUT2D eigenvalue weighted by Gasteiger charge is -2.10. The van der Waals surface area contributed by atoms with Crippen molar-refractivity contribution < 1.29 is 14.2 Å². The van der Waals surface area contributed by atoms with Gasteiger partial charge < -0.3 is 25.3 Å². The molecule has 2 rings (SSSR count). The molecule has 0 saturated heterocycles. The molecular weight excluding hydrogens is 481 g/mol. The Bertz CT molecular complexity index is 751. The summed E-state index contributed by atoms with van der Waals surface area (Å²) < 4.78 is 15.7. The Balaban J connectivity index is 0.00000420. The molecule has 0 heterocycles. The van der Waals surface area contributed by atoms with Crippen LogP contribution in [0.3, 0.4) is 0 Å². The molecule has 0 atom stereocenters. The van der Waals surface area contributed by atoms with E-state index in [1.807, 2.05) is 30.3 Å². The van der Waals surface area contributed by atoms with Gasteiger partial charge in [-0.25, -0.2) is 0 Å². The number of guanidine groups is 1. The first-order valence-corrected chi connectivity index (χ1v) is 9.54. The lowest BCUT2D eigenvalue weighted by molar-refractivity contribution is 0.354. The van der Waals surface area contributed by atoms with Crippen molar-refractivity contribution in [1.82, 2.24) is 5.32 Å². The molecule has 0 spiro atoms. The van der Waals surface area contributed by atoms with Crippen molar-refractivity contribution >= 4 is 29.9 Å². The number of ether oxygens (including phenoxy) is 3. The Morgan fingerprint density at radius 3 is 2.21 bits per heavy atom. The third kappa shape index (κ3) is 8.81. The van der Waals surface area contributed by atoms with E-state index in [0.29, 0.717) is 5.96 Å². The van der Waals surface area contributed by atoms with Crippen LogP contribution in [-0.2, 0) is 12.8 Å². The van der Waals surface area contributed by atoms with Crippen molar-refractivity contribution in [2.24, 2.45) is 10.7 Å². The molecule has 0 aliphatic rings. The van der Waals surface area contributed by atoms with E-state index in [0.717, 1.165) is 61.6 Å². The molecule has 6 nitrogen and oxygen atoms in total. The van der Waals surface area contributed by atoms with E-state index in [4.69, 9.17) is 19.9 Å². The van der Waals surface area contributed by atoms with Crippen molar-refractivity contribution in [2.75, 3.05) is 34.4 Å². The number of rotatable bonds is 11. The first-order valence-electron chi connectivity index (χ1n) is 9.54. The molecule has 2 aromatic carbocycles. The standard InChI is InChI=1S/C22H31N3O3.HI/c1-26-19-10-7-17(8-11-19)6-4-5-14-24-22(23)25-15-13-18-9-12-20(27-2)21(16-18)28-3;/h7-12,16H,4-6,13-15H2,1-3H3,(H3,23,24,25);1H. The molecule has 0 aliphatic heterocycles. The average Bonchev–Trinajstić information content (AvgIpc) is 2.73. The molecule has 2 aromatic rings. The van der Waals surface area contributed by atoms with Gasteiger partial charge in [-0.05, 0) is 61.1 Å². The van der Waals surface area contributed by atoms with Gasteiger partial charge in [0.1, 0.15) is 5.75 Å². The number of nitrogens with zero attached hydrogens (tertiary/aromatic N) is 1. The Morgan fingerprint density at radius 2 is 1.55 bits per heavy atom. The normalized spacial score (nSPS) is 10.8. The highest BCUT2D eigenvalue weighted by Gasteiger charge is 2.04. The second-order valence-corrected chi connectivity index (χ2v) is 6.44. The summed E-state index contributed by atoms with van der Waals surface area (Å²) in [4.78, 5) is 4.39. The van der Waals surface area contributed by atoms with Crippen LogP contribution in [0.1, 0.15) is 24.0 Å². The van der Waals surface area contributed by atoms with Gasteiger partial charge in [-0.15, -0.1) is 24.0 Å². The number of nitrogens with one attached hydrogen (secondary N) is 1. The van der Waals surface area contributed by atoms with E-state index in [1.54, 1.807) is 21.3 Å². The van der Waals surface area contributed by atoms with E-state index in [-0.39, 0.29) is 24.0 Å². The molecule has 160 valence electrons. The minimum Gasteiger partial charge on any atom is -0.497 e. The summed E-state index contributed by atoms with van der Waals surface area (Å²) in [5, 5.41) is 3.16. The van der Waals surface area contributed by atoms with Crippen molar-refractivity contribution in [3.8, 4) is 17.2 Å². The van der Waals surface area contributed by atoms with Crippen molar-refractivity contribution in [3.05, 3.63) is 53.6 Å². The molecule has 0 aliphatic carbocycles. The molecule has 29 heavy (non-hydrogen) atoms. The topological polar surface area (TPSA) is 78.1 Å². The number of methoxy groups -OCH3 is 3. The number of hydrogen-bond donors (Lipinski definition) is 2. The maximum absolute atomic E-state index is 5.95. The molecule has 0 fully saturated rings. The molecule has 0 unspecified atom stereocenters. The predicted molar refractivity (Wildman–Crippen MR) is 129 cm³/mol. The molecular formula is C22H32IN3O3. The third-order valence-electron chi connectivity index (χ3n) is 4.48. The smallest absolute Gasteiger partial charge is 0.188 e. The van der Waals surface area contributed by atoms with Crippen LogP contribution in [0.25, 0.3) is 0 Å². The fourth-order valence-electron chi connectivity index (χ4n) is 2.86. The molecule has 7 heteroatoms. The van der Waals surface area contributed by atoms with Crippen LogP contribution in [0.4, 0.5) is 0 Å². The van der Waals surface area contributed by atoms with Gasteiger partial charge in [-0.1, -0.05) is 18.2 Å². The zero-order valence-electron chi connectivity index (χ0n) is 17.4. The Hall–Kier alpha value is -2.16. The predicted octanol–water partition coefficient (Wildman–Crippen LogP) is 3.80. The lowest BCUT2D eigenvalue weighted by Crippen LogP contribution is -2.33. The minimum absolute atomic E-state index is 0. The van der Waals surface area contributed by atoms with Gasteiger partial charge in [0.25, 0.3) is 0 Å². The highest BCUT2D eigenvalue weighted by atomic mass is 127. The van der Waals surface area contributed by atoms with Gasteiger partial charge in [0.2, 0.25) is 0 Å². The third-order valence-corrected chi connectivity index (χ3v) is 4.48. The summed E-state index contributed by atoms with van der Waals surface area (Å²) in [7, 11) is 4.95. The highest BCUT2D eigenvalue weighted by molar-refractivity contribution is 14.0. The van der Waals surface area contributed by atoms with Crippen LogP contribution in [0, 0.1) is 0 Å². The Kier molecular flexibility index (Phi) is 11.9. The second kappa shape index (κ2) is 13.9. The number of nitrogens with two attached hydrogens (primary N) is 1. The van der Waals surface area contributed by atoms with Crippen molar-refractivity contribution in [3.63, 3.8) is 0 Å². The van der Waals surface area contributed by atoms with Gasteiger partial charge in [0.15, 0.2) is 17.5 Å². The van der Waals surface area contributed by atoms with Crippen LogP contribution in [0.2, 0.25) is 0 Å². The van der Waals surface area contributed by atoms with Crippen LogP contribution in [0.5, 0.6) is 17.2 Å². The molecule has 0 aromatic heterocycles. The summed E-state index contributed by atoms with van der Waals surface area (Å²) in [6.45, 7) is 1.45. The highest BCUT2D eigenvalue weighted by Crippen LogP contribution is 2.27. The first-order chi connectivity index (χ1) is 13.7.